The lowest BCUT2D eigenvalue weighted by molar-refractivity contribution is -0.779. The molecule has 1 aliphatic carbocycles. The third-order valence-electron chi connectivity index (χ3n) is 7.19. The molecule has 1 saturated carbocycles. The fraction of sp³-hybridized carbons (Fsp3) is 0.385. The van der Waals surface area contributed by atoms with Crippen LogP contribution in [-0.2, 0) is 19.1 Å². The van der Waals surface area contributed by atoms with Crippen molar-refractivity contribution in [2.45, 2.75) is 63.9 Å². The van der Waals surface area contributed by atoms with E-state index in [-0.39, 0.29) is 36.0 Å². The van der Waals surface area contributed by atoms with Gasteiger partial charge in [-0.05, 0) is 54.5 Å². The highest BCUT2D eigenvalue weighted by Gasteiger charge is 2.42. The van der Waals surface area contributed by atoms with Crippen molar-refractivity contribution in [2.24, 2.45) is 5.10 Å². The molecule has 1 unspecified atom stereocenters. The predicted octanol–water partition coefficient (Wildman–Crippen LogP) is 3.89. The third kappa shape index (κ3) is 4.05. The average Bonchev–Trinajstić information content (AvgIpc) is 3.43. The van der Waals surface area contributed by atoms with Crippen molar-refractivity contribution >= 4 is 17.8 Å². The first kappa shape index (κ1) is 22.8. The zero-order chi connectivity index (χ0) is 24.0. The second-order valence-electron chi connectivity index (χ2n) is 9.31. The lowest BCUT2D eigenvalue weighted by atomic mass is 9.90. The molecule has 3 aliphatic rings. The fourth-order valence-electron chi connectivity index (χ4n) is 5.46. The van der Waals surface area contributed by atoms with Gasteiger partial charge in [0.1, 0.15) is 6.20 Å². The maximum atomic E-state index is 14.2. The van der Waals surface area contributed by atoms with E-state index in [9.17, 15) is 23.1 Å². The van der Waals surface area contributed by atoms with E-state index >= 15 is 0 Å². The van der Waals surface area contributed by atoms with E-state index in [0.717, 1.165) is 29.1 Å². The summed E-state index contributed by atoms with van der Waals surface area (Å²) in [5, 5.41) is 15.5. The standard InChI is InChI=1S/C26H26F3N3O2/c1-16-21-15-31(22-5-2-3-6-23(22)33)25(34)20(21)14-18(24(16)26(27,28)29)13-17-7-9-19(10-8-17)32-12-4-11-30-32/h4,7-12,14,22-23,33H,2-3,5-6,13,15H2,1H3/p+1/t22-,23-/m0/s1. The molecule has 34 heavy (non-hydrogen) atoms. The maximum Gasteiger partial charge on any atom is 0.416 e. The SMILES string of the molecule is Cc1c2c(cc(Cc3ccc([NH+]4C=CC=N4)cc3)c1C(F)(F)F)C(=O)N([C@H]1CCCC[C@@H]1O)C2. The topological polar surface area (TPSA) is 57.3 Å². The summed E-state index contributed by atoms with van der Waals surface area (Å²) < 4.78 is 42.6. The van der Waals surface area contributed by atoms with E-state index in [0.29, 0.717) is 24.0 Å². The first-order chi connectivity index (χ1) is 16.2. The molecule has 2 aromatic rings. The van der Waals surface area contributed by atoms with Crippen LogP contribution in [0.1, 0.15) is 63.9 Å². The number of aliphatic hydroxyl groups is 1. The molecular formula is C26H27F3N3O2+. The van der Waals surface area contributed by atoms with E-state index in [1.165, 1.54) is 13.0 Å². The molecule has 0 aromatic heterocycles. The monoisotopic (exact) mass is 470 g/mol. The average molecular weight is 471 g/mol. The molecule has 5 rings (SSSR count). The van der Waals surface area contributed by atoms with Gasteiger partial charge in [-0.3, -0.25) is 4.79 Å². The Kier molecular flexibility index (Phi) is 5.81. The van der Waals surface area contributed by atoms with Crippen molar-refractivity contribution in [1.29, 1.82) is 0 Å². The number of quaternary nitrogens is 1. The molecule has 8 heteroatoms. The Hall–Kier alpha value is -2.97. The molecule has 5 nitrogen and oxygen atoms in total. The highest BCUT2D eigenvalue weighted by Crippen LogP contribution is 2.41. The van der Waals surface area contributed by atoms with Gasteiger partial charge in [-0.25, -0.2) is 0 Å². The smallest absolute Gasteiger partial charge is 0.391 e. The van der Waals surface area contributed by atoms with Crippen molar-refractivity contribution in [1.82, 2.24) is 4.90 Å². The van der Waals surface area contributed by atoms with Crippen LogP contribution in [0, 0.1) is 6.92 Å². The van der Waals surface area contributed by atoms with Gasteiger partial charge >= 0.3 is 6.18 Å². The summed E-state index contributed by atoms with van der Waals surface area (Å²) in [7, 11) is 0. The number of fused-ring (bicyclic) bond motifs is 1. The Morgan fingerprint density at radius 3 is 2.56 bits per heavy atom. The number of aliphatic hydroxyl groups excluding tert-OH is 1. The lowest BCUT2D eigenvalue weighted by Gasteiger charge is -2.35. The van der Waals surface area contributed by atoms with Crippen LogP contribution in [0.4, 0.5) is 18.9 Å². The largest absolute Gasteiger partial charge is 0.416 e. The van der Waals surface area contributed by atoms with Crippen molar-refractivity contribution in [2.75, 3.05) is 0 Å². The summed E-state index contributed by atoms with van der Waals surface area (Å²) in [5.74, 6) is -0.281. The van der Waals surface area contributed by atoms with Crippen molar-refractivity contribution < 1.29 is 28.1 Å². The summed E-state index contributed by atoms with van der Waals surface area (Å²) in [5.41, 5.74) is 1.93. The maximum absolute atomic E-state index is 14.2. The van der Waals surface area contributed by atoms with Gasteiger partial charge in [0.15, 0.2) is 5.69 Å². The fourth-order valence-corrected chi connectivity index (χ4v) is 5.46. The second-order valence-corrected chi connectivity index (χ2v) is 9.31. The van der Waals surface area contributed by atoms with E-state index in [4.69, 9.17) is 0 Å². The lowest BCUT2D eigenvalue weighted by Crippen LogP contribution is -2.96. The van der Waals surface area contributed by atoms with Gasteiger partial charge in [0.05, 0.1) is 23.9 Å². The molecule has 0 saturated heterocycles. The summed E-state index contributed by atoms with van der Waals surface area (Å²) in [6.45, 7) is 1.58. The van der Waals surface area contributed by atoms with Crippen LogP contribution in [0.25, 0.3) is 0 Å². The Morgan fingerprint density at radius 2 is 1.91 bits per heavy atom. The Morgan fingerprint density at radius 1 is 1.18 bits per heavy atom. The number of carbonyl (C=O) groups excluding carboxylic acids is 1. The quantitative estimate of drug-likeness (QED) is 0.713. The molecule has 0 bridgehead atoms. The van der Waals surface area contributed by atoms with Crippen LogP contribution in [0.3, 0.4) is 0 Å². The van der Waals surface area contributed by atoms with Crippen LogP contribution >= 0.6 is 0 Å². The van der Waals surface area contributed by atoms with Crippen LogP contribution in [0.5, 0.6) is 0 Å². The molecule has 2 N–H and O–H groups in total. The van der Waals surface area contributed by atoms with Crippen LogP contribution < -0.4 is 5.01 Å². The number of amides is 1. The van der Waals surface area contributed by atoms with Gasteiger partial charge < -0.3 is 10.0 Å². The normalized spacial score (nSPS) is 24.2. The second kappa shape index (κ2) is 8.67. The van der Waals surface area contributed by atoms with Gasteiger partial charge in [0.25, 0.3) is 5.91 Å². The Labute approximate surface area is 196 Å². The summed E-state index contributed by atoms with van der Waals surface area (Å²) in [6, 6.07) is 8.39. The van der Waals surface area contributed by atoms with Crippen LogP contribution in [0.15, 0.2) is 47.7 Å². The Bertz CT molecular complexity index is 1160. The number of nitrogens with zero attached hydrogens (tertiary/aromatic N) is 2. The summed E-state index contributed by atoms with van der Waals surface area (Å²) in [4.78, 5) is 14.8. The number of hydrogen-bond donors (Lipinski definition) is 2. The zero-order valence-corrected chi connectivity index (χ0v) is 18.9. The van der Waals surface area contributed by atoms with Gasteiger partial charge in [0.2, 0.25) is 0 Å². The molecule has 0 spiro atoms. The summed E-state index contributed by atoms with van der Waals surface area (Å²) >= 11 is 0. The first-order valence-corrected chi connectivity index (χ1v) is 11.6. The third-order valence-corrected chi connectivity index (χ3v) is 7.19. The minimum atomic E-state index is -4.53. The zero-order valence-electron chi connectivity index (χ0n) is 18.9. The molecule has 2 heterocycles. The van der Waals surface area contributed by atoms with Gasteiger partial charge in [-0.15, -0.1) is 0 Å². The van der Waals surface area contributed by atoms with E-state index in [1.807, 2.05) is 24.4 Å². The molecule has 0 radical (unpaired) electrons. The van der Waals surface area contributed by atoms with Crippen LogP contribution in [-0.4, -0.2) is 34.3 Å². The Balaban J connectivity index is 1.49. The number of hydrogen-bond acceptors (Lipinski definition) is 3. The molecular weight excluding hydrogens is 443 g/mol. The number of benzene rings is 2. The minimum Gasteiger partial charge on any atom is -0.391 e. The van der Waals surface area contributed by atoms with Crippen molar-refractivity contribution in [3.8, 4) is 0 Å². The van der Waals surface area contributed by atoms with Crippen molar-refractivity contribution in [3.05, 3.63) is 76.0 Å². The van der Waals surface area contributed by atoms with Crippen molar-refractivity contribution in [3.63, 3.8) is 0 Å². The van der Waals surface area contributed by atoms with Gasteiger partial charge in [-0.2, -0.15) is 18.2 Å². The highest BCUT2D eigenvalue weighted by molar-refractivity contribution is 5.99. The molecule has 1 amide bonds. The molecule has 178 valence electrons. The number of halogens is 3. The predicted molar refractivity (Wildman–Crippen MR) is 122 cm³/mol. The number of alkyl halides is 3. The van der Waals surface area contributed by atoms with E-state index < -0.39 is 17.8 Å². The molecule has 3 atom stereocenters. The van der Waals surface area contributed by atoms with Gasteiger partial charge in [0, 0.05) is 30.3 Å². The number of allylic oxidation sites excluding steroid dienone is 1. The molecule has 2 aliphatic heterocycles. The van der Waals surface area contributed by atoms with E-state index in [2.05, 4.69) is 5.10 Å². The van der Waals surface area contributed by atoms with E-state index in [1.54, 1.807) is 23.2 Å². The van der Waals surface area contributed by atoms with Crippen LogP contribution in [0.2, 0.25) is 0 Å². The summed E-state index contributed by atoms with van der Waals surface area (Å²) in [6.07, 6.45) is 3.38. The number of rotatable bonds is 4. The number of carbonyl (C=O) groups is 1. The molecule has 1 fully saturated rings. The minimum absolute atomic E-state index is 0.0665. The number of nitrogens with one attached hydrogen (secondary N) is 1. The first-order valence-electron chi connectivity index (χ1n) is 11.6. The molecule has 2 aromatic carbocycles. The highest BCUT2D eigenvalue weighted by atomic mass is 19.4. The van der Waals surface area contributed by atoms with Gasteiger partial charge in [-0.1, -0.05) is 30.1 Å².